The lowest BCUT2D eigenvalue weighted by atomic mass is 10.2. The van der Waals surface area contributed by atoms with E-state index in [2.05, 4.69) is 0 Å². The number of carbonyl (C=O) groups is 1. The third-order valence-corrected chi connectivity index (χ3v) is 5.96. The number of halogens is 1. The van der Waals surface area contributed by atoms with Crippen LogP contribution >= 0.6 is 11.6 Å². The maximum Gasteiger partial charge on any atom is 0.260 e. The van der Waals surface area contributed by atoms with Crippen molar-refractivity contribution in [1.29, 1.82) is 5.26 Å². The SMILES string of the molecule is COCCN(C(=O)COc1ccc(C#N)cc1Cl)[C@H]1CCS(=O)(=O)C1. The van der Waals surface area contributed by atoms with Crippen molar-refractivity contribution in [3.05, 3.63) is 28.8 Å². The van der Waals surface area contributed by atoms with Crippen LogP contribution in [-0.2, 0) is 19.4 Å². The van der Waals surface area contributed by atoms with E-state index in [1.807, 2.05) is 6.07 Å². The van der Waals surface area contributed by atoms with E-state index in [9.17, 15) is 13.2 Å². The lowest BCUT2D eigenvalue weighted by Crippen LogP contribution is -2.45. The zero-order valence-corrected chi connectivity index (χ0v) is 15.3. The third-order valence-electron chi connectivity index (χ3n) is 3.92. The molecule has 0 aliphatic carbocycles. The normalized spacial score (nSPS) is 18.5. The molecule has 1 fully saturated rings. The summed E-state index contributed by atoms with van der Waals surface area (Å²) in [4.78, 5) is 14.0. The molecular weight excluding hydrogens is 368 g/mol. The van der Waals surface area contributed by atoms with E-state index in [1.165, 1.54) is 30.2 Å². The lowest BCUT2D eigenvalue weighted by Gasteiger charge is -2.28. The van der Waals surface area contributed by atoms with Gasteiger partial charge in [-0.1, -0.05) is 11.6 Å². The molecule has 136 valence electrons. The minimum absolute atomic E-state index is 0.0416. The summed E-state index contributed by atoms with van der Waals surface area (Å²) in [5.41, 5.74) is 0.390. The van der Waals surface area contributed by atoms with Crippen LogP contribution in [0.4, 0.5) is 0 Å². The Bertz CT molecular complexity index is 775. The number of ether oxygens (including phenoxy) is 2. The molecule has 0 unspecified atom stereocenters. The second-order valence-corrected chi connectivity index (χ2v) is 8.32. The van der Waals surface area contributed by atoms with Gasteiger partial charge in [0.1, 0.15) is 5.75 Å². The molecule has 0 spiro atoms. The molecule has 25 heavy (non-hydrogen) atoms. The summed E-state index contributed by atoms with van der Waals surface area (Å²) >= 11 is 6.02. The van der Waals surface area contributed by atoms with Gasteiger partial charge in [0, 0.05) is 19.7 Å². The molecule has 0 N–H and O–H groups in total. The Balaban J connectivity index is 2.03. The summed E-state index contributed by atoms with van der Waals surface area (Å²) in [7, 11) is -1.59. The van der Waals surface area contributed by atoms with Crippen LogP contribution in [0.5, 0.6) is 5.75 Å². The Morgan fingerprint density at radius 3 is 2.80 bits per heavy atom. The monoisotopic (exact) mass is 386 g/mol. The van der Waals surface area contributed by atoms with Crippen molar-refractivity contribution < 1.29 is 22.7 Å². The fourth-order valence-corrected chi connectivity index (χ4v) is 4.60. The maximum atomic E-state index is 12.5. The highest BCUT2D eigenvalue weighted by molar-refractivity contribution is 7.91. The number of nitriles is 1. The Hall–Kier alpha value is -1.82. The zero-order chi connectivity index (χ0) is 18.4. The van der Waals surface area contributed by atoms with Crippen molar-refractivity contribution in [2.45, 2.75) is 12.5 Å². The predicted octanol–water partition coefficient (Wildman–Crippen LogP) is 1.25. The number of hydrogen-bond donors (Lipinski definition) is 0. The van der Waals surface area contributed by atoms with Crippen LogP contribution < -0.4 is 4.74 Å². The summed E-state index contributed by atoms with van der Waals surface area (Å²) in [6.45, 7) is 0.325. The van der Waals surface area contributed by atoms with Crippen molar-refractivity contribution >= 4 is 27.3 Å². The van der Waals surface area contributed by atoms with Crippen LogP contribution in [0.1, 0.15) is 12.0 Å². The molecular formula is C16H19ClN2O5S. The zero-order valence-electron chi connectivity index (χ0n) is 13.8. The number of carbonyl (C=O) groups excluding carboxylic acids is 1. The van der Waals surface area contributed by atoms with Crippen LogP contribution in [0.3, 0.4) is 0 Å². The van der Waals surface area contributed by atoms with E-state index in [1.54, 1.807) is 0 Å². The number of rotatable bonds is 7. The predicted molar refractivity (Wildman–Crippen MR) is 92.3 cm³/mol. The molecule has 1 aromatic carbocycles. The van der Waals surface area contributed by atoms with Crippen LogP contribution in [0.25, 0.3) is 0 Å². The average Bonchev–Trinajstić information content (AvgIpc) is 2.93. The van der Waals surface area contributed by atoms with Crippen molar-refractivity contribution in [1.82, 2.24) is 4.90 Å². The van der Waals surface area contributed by atoms with Gasteiger partial charge in [-0.25, -0.2) is 8.42 Å². The van der Waals surface area contributed by atoms with Crippen LogP contribution in [0.15, 0.2) is 18.2 Å². The van der Waals surface area contributed by atoms with Crippen molar-refractivity contribution in [2.75, 3.05) is 38.4 Å². The van der Waals surface area contributed by atoms with Gasteiger partial charge in [-0.2, -0.15) is 5.26 Å². The molecule has 1 saturated heterocycles. The first-order chi connectivity index (χ1) is 11.9. The van der Waals surface area contributed by atoms with E-state index >= 15 is 0 Å². The summed E-state index contributed by atoms with van der Waals surface area (Å²) < 4.78 is 33.8. The molecule has 1 aliphatic heterocycles. The highest BCUT2D eigenvalue weighted by atomic mass is 35.5. The molecule has 1 aliphatic rings. The minimum atomic E-state index is -3.11. The number of benzene rings is 1. The number of hydrogen-bond acceptors (Lipinski definition) is 6. The van der Waals surface area contributed by atoms with Gasteiger partial charge in [-0.05, 0) is 24.6 Å². The van der Waals surface area contributed by atoms with Crippen molar-refractivity contribution in [3.63, 3.8) is 0 Å². The first-order valence-corrected chi connectivity index (χ1v) is 9.87. The Morgan fingerprint density at radius 2 is 2.24 bits per heavy atom. The van der Waals surface area contributed by atoms with Crippen molar-refractivity contribution in [2.24, 2.45) is 0 Å². The van der Waals surface area contributed by atoms with E-state index in [0.717, 1.165) is 0 Å². The topological polar surface area (TPSA) is 96.7 Å². The number of nitrogens with zero attached hydrogens (tertiary/aromatic N) is 2. The standard InChI is InChI=1S/C16H19ClN2O5S/c1-23-6-5-19(13-4-7-25(21,22)11-13)16(20)10-24-15-3-2-12(9-18)8-14(15)17/h2-3,8,13H,4-7,10-11H2,1H3/t13-/m0/s1. The van der Waals surface area contributed by atoms with Crippen LogP contribution in [0, 0.1) is 11.3 Å². The summed E-state index contributed by atoms with van der Waals surface area (Å²) in [6.07, 6.45) is 0.412. The molecule has 1 atom stereocenters. The molecule has 0 bridgehead atoms. The molecule has 7 nitrogen and oxygen atoms in total. The summed E-state index contributed by atoms with van der Waals surface area (Å²) in [5.74, 6) is -0.00378. The molecule has 1 aromatic rings. The van der Waals surface area contributed by atoms with Gasteiger partial charge < -0.3 is 14.4 Å². The van der Waals surface area contributed by atoms with Crippen LogP contribution in [-0.4, -0.2) is 63.6 Å². The number of methoxy groups -OCH3 is 1. The fourth-order valence-electron chi connectivity index (χ4n) is 2.63. The Morgan fingerprint density at radius 1 is 1.48 bits per heavy atom. The third kappa shape index (κ3) is 5.33. The van der Waals surface area contributed by atoms with Gasteiger partial charge >= 0.3 is 0 Å². The maximum absolute atomic E-state index is 12.5. The highest BCUT2D eigenvalue weighted by Crippen LogP contribution is 2.25. The number of sulfone groups is 1. The van der Waals surface area contributed by atoms with Crippen LogP contribution in [0.2, 0.25) is 5.02 Å². The van der Waals surface area contributed by atoms with Gasteiger partial charge in [-0.15, -0.1) is 0 Å². The molecule has 0 radical (unpaired) electrons. The van der Waals surface area contributed by atoms with E-state index in [0.29, 0.717) is 30.9 Å². The van der Waals surface area contributed by atoms with E-state index in [4.69, 9.17) is 26.3 Å². The molecule has 0 saturated carbocycles. The lowest BCUT2D eigenvalue weighted by molar-refractivity contribution is -0.136. The molecule has 2 rings (SSSR count). The van der Waals surface area contributed by atoms with E-state index < -0.39 is 9.84 Å². The quantitative estimate of drug-likeness (QED) is 0.699. The summed E-state index contributed by atoms with van der Waals surface area (Å²) in [6, 6.07) is 6.11. The smallest absolute Gasteiger partial charge is 0.260 e. The molecule has 0 aromatic heterocycles. The van der Waals surface area contributed by atoms with E-state index in [-0.39, 0.29) is 35.1 Å². The number of amides is 1. The first kappa shape index (κ1) is 19.5. The van der Waals surface area contributed by atoms with Gasteiger partial charge in [0.15, 0.2) is 16.4 Å². The fraction of sp³-hybridized carbons (Fsp3) is 0.500. The van der Waals surface area contributed by atoms with Gasteiger partial charge in [0.05, 0.1) is 34.8 Å². The highest BCUT2D eigenvalue weighted by Gasteiger charge is 2.34. The Labute approximate surface area is 152 Å². The van der Waals surface area contributed by atoms with Crippen molar-refractivity contribution in [3.8, 4) is 11.8 Å². The molecule has 1 heterocycles. The van der Waals surface area contributed by atoms with Gasteiger partial charge in [0.25, 0.3) is 5.91 Å². The Kier molecular flexibility index (Phi) is 6.64. The molecule has 1 amide bonds. The minimum Gasteiger partial charge on any atom is -0.482 e. The largest absolute Gasteiger partial charge is 0.482 e. The first-order valence-electron chi connectivity index (χ1n) is 7.67. The second kappa shape index (κ2) is 8.52. The second-order valence-electron chi connectivity index (χ2n) is 5.68. The van der Waals surface area contributed by atoms with Gasteiger partial charge in [0.2, 0.25) is 0 Å². The average molecular weight is 387 g/mol. The summed E-state index contributed by atoms with van der Waals surface area (Å²) in [5, 5.41) is 9.05. The molecule has 9 heteroatoms. The van der Waals surface area contributed by atoms with Gasteiger partial charge in [-0.3, -0.25) is 4.79 Å².